The van der Waals surface area contributed by atoms with E-state index in [-0.39, 0.29) is 18.4 Å². The first-order chi connectivity index (χ1) is 9.51. The summed E-state index contributed by atoms with van der Waals surface area (Å²) in [4.78, 5) is 26.3. The number of carboxylic acids is 1. The number of hydrogen-bond acceptors (Lipinski definition) is 4. The first-order valence-electron chi connectivity index (χ1n) is 6.63. The van der Waals surface area contributed by atoms with Gasteiger partial charge in [-0.05, 0) is 0 Å². The van der Waals surface area contributed by atoms with Crippen LogP contribution >= 0.6 is 0 Å². The van der Waals surface area contributed by atoms with Crippen molar-refractivity contribution in [2.75, 3.05) is 39.9 Å². The summed E-state index contributed by atoms with van der Waals surface area (Å²) in [6.45, 7) is 3.80. The highest BCUT2D eigenvalue weighted by Crippen LogP contribution is 2.25. The number of urea groups is 1. The van der Waals surface area contributed by atoms with Crippen molar-refractivity contribution in [3.05, 3.63) is 0 Å². The zero-order valence-corrected chi connectivity index (χ0v) is 11.9. The molecule has 1 N–H and O–H groups in total. The predicted octanol–water partition coefficient (Wildman–Crippen LogP) is 0.621. The lowest BCUT2D eigenvalue weighted by Crippen LogP contribution is -2.57. The van der Waals surface area contributed by atoms with Crippen LogP contribution in [0.2, 0.25) is 0 Å². The van der Waals surface area contributed by atoms with Crippen LogP contribution in [0.4, 0.5) is 4.79 Å². The molecule has 1 heterocycles. The van der Waals surface area contributed by atoms with Crippen LogP contribution in [0.3, 0.4) is 0 Å². The van der Waals surface area contributed by atoms with E-state index >= 15 is 0 Å². The topological polar surface area (TPSA) is 93.9 Å². The third-order valence-electron chi connectivity index (χ3n) is 3.61. The van der Waals surface area contributed by atoms with Crippen molar-refractivity contribution in [1.29, 1.82) is 5.26 Å². The van der Waals surface area contributed by atoms with Crippen LogP contribution in [-0.4, -0.2) is 66.8 Å². The third-order valence-corrected chi connectivity index (χ3v) is 3.61. The second-order valence-corrected chi connectivity index (χ2v) is 4.96. The summed E-state index contributed by atoms with van der Waals surface area (Å²) in [5.41, 5.74) is 0. The smallest absolute Gasteiger partial charge is 0.320 e. The van der Waals surface area contributed by atoms with Crippen LogP contribution in [0.5, 0.6) is 0 Å². The normalized spacial score (nSPS) is 16.1. The molecule has 20 heavy (non-hydrogen) atoms. The number of nitrogens with zero attached hydrogens (tertiary/aromatic N) is 3. The second kappa shape index (κ2) is 7.70. The Morgan fingerprint density at radius 2 is 2.15 bits per heavy atom. The zero-order valence-electron chi connectivity index (χ0n) is 11.9. The molecule has 0 aromatic carbocycles. The number of carbonyl (C=O) groups is 2. The van der Waals surface area contributed by atoms with Gasteiger partial charge in [0.05, 0.1) is 25.0 Å². The lowest BCUT2D eigenvalue weighted by Gasteiger charge is -2.43. The van der Waals surface area contributed by atoms with Crippen LogP contribution in [0.25, 0.3) is 0 Å². The molecular formula is C13H21N3O4. The number of likely N-dealkylation sites (tertiary alicyclic amines) is 1. The Hall–Kier alpha value is -1.81. The number of methoxy groups -OCH3 is 1. The third kappa shape index (κ3) is 4.10. The largest absolute Gasteiger partial charge is 0.481 e. The molecule has 2 amide bonds. The summed E-state index contributed by atoms with van der Waals surface area (Å²) in [5.74, 6) is -1.26. The van der Waals surface area contributed by atoms with Gasteiger partial charge in [-0.2, -0.15) is 5.26 Å². The molecule has 7 heteroatoms. The maximum absolute atomic E-state index is 12.2. The van der Waals surface area contributed by atoms with E-state index in [0.29, 0.717) is 32.8 Å². The lowest BCUT2D eigenvalue weighted by molar-refractivity contribution is -0.144. The van der Waals surface area contributed by atoms with Crippen LogP contribution in [0.15, 0.2) is 0 Å². The van der Waals surface area contributed by atoms with Gasteiger partial charge in [0, 0.05) is 39.2 Å². The summed E-state index contributed by atoms with van der Waals surface area (Å²) in [7, 11) is 1.56. The average Bonchev–Trinajstić information content (AvgIpc) is 2.36. The molecule has 0 radical (unpaired) electrons. The van der Waals surface area contributed by atoms with Crippen molar-refractivity contribution in [1.82, 2.24) is 9.80 Å². The molecule has 1 saturated heterocycles. The molecular weight excluding hydrogens is 262 g/mol. The van der Waals surface area contributed by atoms with E-state index in [9.17, 15) is 9.59 Å². The Bertz CT molecular complexity index is 388. The second-order valence-electron chi connectivity index (χ2n) is 4.96. The predicted molar refractivity (Wildman–Crippen MR) is 70.9 cm³/mol. The van der Waals surface area contributed by atoms with Gasteiger partial charge < -0.3 is 19.6 Å². The number of amides is 2. The van der Waals surface area contributed by atoms with Gasteiger partial charge >= 0.3 is 12.0 Å². The van der Waals surface area contributed by atoms with Crippen molar-refractivity contribution < 1.29 is 19.4 Å². The van der Waals surface area contributed by atoms with Crippen LogP contribution in [0, 0.1) is 23.2 Å². The maximum Gasteiger partial charge on any atom is 0.320 e. The van der Waals surface area contributed by atoms with E-state index in [1.807, 2.05) is 6.07 Å². The average molecular weight is 283 g/mol. The van der Waals surface area contributed by atoms with Crippen molar-refractivity contribution in [2.45, 2.75) is 13.3 Å². The first-order valence-corrected chi connectivity index (χ1v) is 6.63. The van der Waals surface area contributed by atoms with Gasteiger partial charge in [0.1, 0.15) is 0 Å². The van der Waals surface area contributed by atoms with Crippen LogP contribution < -0.4 is 0 Å². The summed E-state index contributed by atoms with van der Waals surface area (Å²) < 4.78 is 4.95. The first kappa shape index (κ1) is 16.2. The summed E-state index contributed by atoms with van der Waals surface area (Å²) >= 11 is 0. The molecule has 1 aliphatic rings. The number of rotatable bonds is 7. The molecule has 0 aromatic rings. The van der Waals surface area contributed by atoms with Gasteiger partial charge in [-0.3, -0.25) is 4.79 Å². The fraction of sp³-hybridized carbons (Fsp3) is 0.769. The Labute approximate surface area is 118 Å². The zero-order chi connectivity index (χ0) is 15.1. The molecule has 0 aromatic heterocycles. The fourth-order valence-electron chi connectivity index (χ4n) is 2.08. The molecule has 1 atom stereocenters. The number of hydrogen-bond donors (Lipinski definition) is 1. The quantitative estimate of drug-likeness (QED) is 0.739. The van der Waals surface area contributed by atoms with E-state index in [1.54, 1.807) is 23.8 Å². The molecule has 7 nitrogen and oxygen atoms in total. The van der Waals surface area contributed by atoms with E-state index in [4.69, 9.17) is 15.1 Å². The van der Waals surface area contributed by atoms with Crippen molar-refractivity contribution >= 4 is 12.0 Å². The van der Waals surface area contributed by atoms with Gasteiger partial charge in [0.15, 0.2) is 0 Å². The highest BCUT2D eigenvalue weighted by Gasteiger charge is 2.38. The van der Waals surface area contributed by atoms with Gasteiger partial charge in [0.25, 0.3) is 0 Å². The maximum atomic E-state index is 12.2. The van der Waals surface area contributed by atoms with Crippen LogP contribution in [0.1, 0.15) is 13.3 Å². The molecule has 0 spiro atoms. The number of carboxylic acid groups (broad SMARTS) is 1. The number of carbonyl (C=O) groups excluding carboxylic acids is 1. The summed E-state index contributed by atoms with van der Waals surface area (Å²) in [6.07, 6.45) is 0.276. The van der Waals surface area contributed by atoms with Crippen molar-refractivity contribution in [3.63, 3.8) is 0 Å². The molecule has 0 saturated carbocycles. The monoisotopic (exact) mass is 283 g/mol. The Morgan fingerprint density at radius 1 is 1.50 bits per heavy atom. The summed E-state index contributed by atoms with van der Waals surface area (Å²) in [6, 6.07) is 1.87. The number of aliphatic carboxylic acids is 1. The van der Waals surface area contributed by atoms with E-state index in [1.165, 1.54) is 0 Å². The lowest BCUT2D eigenvalue weighted by atomic mass is 9.87. The molecule has 112 valence electrons. The minimum Gasteiger partial charge on any atom is -0.481 e. The molecule has 1 unspecified atom stereocenters. The molecule has 0 aliphatic carbocycles. The Morgan fingerprint density at radius 3 is 2.65 bits per heavy atom. The van der Waals surface area contributed by atoms with Crippen molar-refractivity contribution in [3.8, 4) is 6.07 Å². The van der Waals surface area contributed by atoms with E-state index < -0.39 is 11.9 Å². The SMILES string of the molecule is COCCN(CCC#N)C(=O)N1CC(C(C)C(=O)O)C1. The van der Waals surface area contributed by atoms with E-state index in [2.05, 4.69) is 0 Å². The highest BCUT2D eigenvalue weighted by atomic mass is 16.5. The minimum absolute atomic E-state index is 0.0108. The fourth-order valence-corrected chi connectivity index (χ4v) is 2.08. The highest BCUT2D eigenvalue weighted by molar-refractivity contribution is 5.76. The summed E-state index contributed by atoms with van der Waals surface area (Å²) in [5, 5.41) is 17.5. The van der Waals surface area contributed by atoms with Gasteiger partial charge in [-0.25, -0.2) is 4.79 Å². The minimum atomic E-state index is -0.831. The van der Waals surface area contributed by atoms with E-state index in [0.717, 1.165) is 0 Å². The number of ether oxygens (including phenoxy) is 1. The van der Waals surface area contributed by atoms with Gasteiger partial charge in [-0.1, -0.05) is 6.92 Å². The van der Waals surface area contributed by atoms with Gasteiger partial charge in [0.2, 0.25) is 0 Å². The molecule has 1 aliphatic heterocycles. The number of nitriles is 1. The molecule has 0 bridgehead atoms. The standard InChI is InChI=1S/C13H21N3O4/c1-10(12(17)18)11-8-16(9-11)13(19)15(5-3-4-14)6-7-20-2/h10-11H,3,5-9H2,1-2H3,(H,17,18). The van der Waals surface area contributed by atoms with Crippen molar-refractivity contribution in [2.24, 2.45) is 11.8 Å². The Balaban J connectivity index is 2.47. The Kier molecular flexibility index (Phi) is 6.25. The molecule has 1 rings (SSSR count). The van der Waals surface area contributed by atoms with Gasteiger partial charge in [-0.15, -0.1) is 0 Å². The molecule has 1 fully saturated rings. The van der Waals surface area contributed by atoms with Crippen LogP contribution in [-0.2, 0) is 9.53 Å².